The van der Waals surface area contributed by atoms with Gasteiger partial charge in [-0.1, -0.05) is 13.0 Å². The molecule has 0 radical (unpaired) electrons. The third-order valence-electron chi connectivity index (χ3n) is 2.02. The quantitative estimate of drug-likeness (QED) is 0.656. The number of fused-ring (bicyclic) bond motifs is 1. The molecule has 0 unspecified atom stereocenters. The molecule has 0 aliphatic carbocycles. The Balaban J connectivity index is 2.76. The Kier molecular flexibility index (Phi) is 1.75. The van der Waals surface area contributed by atoms with Gasteiger partial charge in [0.2, 0.25) is 0 Å². The van der Waals surface area contributed by atoms with Crippen LogP contribution in [-0.4, -0.2) is 9.38 Å². The maximum atomic E-state index is 8.82. The summed E-state index contributed by atoms with van der Waals surface area (Å²) in [6, 6.07) is 7.67. The highest BCUT2D eigenvalue weighted by Gasteiger charge is 2.02. The fraction of sp³-hybridized carbons (Fsp3) is 0.200. The molecule has 0 amide bonds. The second-order valence-corrected chi connectivity index (χ2v) is 2.84. The third kappa shape index (κ3) is 1.17. The number of nitriles is 1. The van der Waals surface area contributed by atoms with Crippen LogP contribution in [0.1, 0.15) is 18.3 Å². The Hall–Kier alpha value is -1.82. The van der Waals surface area contributed by atoms with E-state index in [-0.39, 0.29) is 0 Å². The Morgan fingerprint density at radius 1 is 1.54 bits per heavy atom. The first-order valence-electron chi connectivity index (χ1n) is 4.22. The van der Waals surface area contributed by atoms with Crippen molar-refractivity contribution in [2.45, 2.75) is 13.3 Å². The molecule has 0 fully saturated rings. The molecule has 3 heteroatoms. The van der Waals surface area contributed by atoms with Gasteiger partial charge in [-0.2, -0.15) is 5.26 Å². The molecular weight excluding hydrogens is 162 g/mol. The van der Waals surface area contributed by atoms with E-state index in [1.807, 2.05) is 29.7 Å². The van der Waals surface area contributed by atoms with Crippen molar-refractivity contribution in [2.75, 3.05) is 0 Å². The van der Waals surface area contributed by atoms with Crippen LogP contribution in [0.25, 0.3) is 5.65 Å². The number of pyridine rings is 1. The number of hydrogen-bond acceptors (Lipinski definition) is 2. The van der Waals surface area contributed by atoms with Gasteiger partial charge in [0.25, 0.3) is 0 Å². The number of aromatic nitrogens is 2. The minimum Gasteiger partial charge on any atom is -0.291 e. The molecule has 2 heterocycles. The number of aryl methyl sites for hydroxylation is 1. The number of imidazole rings is 1. The monoisotopic (exact) mass is 171 g/mol. The van der Waals surface area contributed by atoms with Gasteiger partial charge in [-0.15, -0.1) is 0 Å². The molecule has 2 rings (SSSR count). The van der Waals surface area contributed by atoms with Crippen molar-refractivity contribution >= 4 is 5.65 Å². The Morgan fingerprint density at radius 2 is 2.38 bits per heavy atom. The second kappa shape index (κ2) is 2.91. The van der Waals surface area contributed by atoms with Crippen LogP contribution in [0.3, 0.4) is 0 Å². The van der Waals surface area contributed by atoms with E-state index in [2.05, 4.69) is 11.1 Å². The van der Waals surface area contributed by atoms with E-state index in [1.54, 1.807) is 6.07 Å². The van der Waals surface area contributed by atoms with E-state index in [9.17, 15) is 0 Å². The smallest absolute Gasteiger partial charge is 0.138 e. The molecule has 0 bridgehead atoms. The van der Waals surface area contributed by atoms with Crippen LogP contribution in [0.4, 0.5) is 0 Å². The van der Waals surface area contributed by atoms with Crippen LogP contribution < -0.4 is 0 Å². The van der Waals surface area contributed by atoms with Gasteiger partial charge < -0.3 is 0 Å². The van der Waals surface area contributed by atoms with Crippen molar-refractivity contribution in [3.05, 3.63) is 35.8 Å². The average Bonchev–Trinajstić information content (AvgIpc) is 2.59. The lowest BCUT2D eigenvalue weighted by Gasteiger charge is -1.93. The largest absolute Gasteiger partial charge is 0.291 e. The molecule has 0 saturated carbocycles. The van der Waals surface area contributed by atoms with Gasteiger partial charge in [-0.25, -0.2) is 4.98 Å². The summed E-state index contributed by atoms with van der Waals surface area (Å²) >= 11 is 0. The van der Waals surface area contributed by atoms with Gasteiger partial charge in [0, 0.05) is 6.20 Å². The van der Waals surface area contributed by atoms with Crippen LogP contribution in [0.5, 0.6) is 0 Å². The minimum absolute atomic E-state index is 0.629. The molecule has 0 saturated heterocycles. The highest BCUT2D eigenvalue weighted by Crippen LogP contribution is 2.08. The van der Waals surface area contributed by atoms with E-state index in [4.69, 9.17) is 5.26 Å². The zero-order valence-electron chi connectivity index (χ0n) is 7.36. The Labute approximate surface area is 76.3 Å². The van der Waals surface area contributed by atoms with Gasteiger partial charge in [-0.3, -0.25) is 4.40 Å². The molecule has 0 aromatic carbocycles. The van der Waals surface area contributed by atoms with E-state index < -0.39 is 0 Å². The van der Waals surface area contributed by atoms with Gasteiger partial charge in [-0.05, 0) is 18.6 Å². The molecule has 2 aromatic heterocycles. The standard InChI is InChI=1S/C10H9N3/c1-2-8-7-13-9(6-11)4-3-5-10(13)12-8/h3-5,7H,2H2,1H3. The second-order valence-electron chi connectivity index (χ2n) is 2.84. The fourth-order valence-electron chi connectivity index (χ4n) is 1.32. The fourth-order valence-corrected chi connectivity index (χ4v) is 1.32. The molecule has 0 N–H and O–H groups in total. The van der Waals surface area contributed by atoms with Gasteiger partial charge in [0.05, 0.1) is 5.69 Å². The van der Waals surface area contributed by atoms with Crippen molar-refractivity contribution in [3.63, 3.8) is 0 Å². The van der Waals surface area contributed by atoms with Crippen LogP contribution in [0, 0.1) is 11.3 Å². The molecule has 0 aliphatic rings. The van der Waals surface area contributed by atoms with Crippen molar-refractivity contribution in [1.82, 2.24) is 9.38 Å². The normalized spacial score (nSPS) is 10.2. The highest BCUT2D eigenvalue weighted by atomic mass is 15.0. The summed E-state index contributed by atoms with van der Waals surface area (Å²) in [5.41, 5.74) is 2.49. The van der Waals surface area contributed by atoms with E-state index in [0.29, 0.717) is 5.69 Å². The lowest BCUT2D eigenvalue weighted by molar-refractivity contribution is 1.07. The summed E-state index contributed by atoms with van der Waals surface area (Å²) in [6.07, 6.45) is 2.81. The van der Waals surface area contributed by atoms with E-state index >= 15 is 0 Å². The molecule has 13 heavy (non-hydrogen) atoms. The Bertz CT molecular complexity index is 476. The predicted molar refractivity (Wildman–Crippen MR) is 49.3 cm³/mol. The lowest BCUT2D eigenvalue weighted by Crippen LogP contribution is -1.88. The highest BCUT2D eigenvalue weighted by molar-refractivity contribution is 5.44. The lowest BCUT2D eigenvalue weighted by atomic mass is 10.3. The van der Waals surface area contributed by atoms with Crippen LogP contribution >= 0.6 is 0 Å². The molecule has 64 valence electrons. The number of rotatable bonds is 1. The van der Waals surface area contributed by atoms with Crippen LogP contribution in [0.15, 0.2) is 24.4 Å². The predicted octanol–water partition coefficient (Wildman–Crippen LogP) is 1.77. The topological polar surface area (TPSA) is 41.1 Å². The van der Waals surface area contributed by atoms with Crippen molar-refractivity contribution < 1.29 is 0 Å². The van der Waals surface area contributed by atoms with Gasteiger partial charge in [0.1, 0.15) is 17.4 Å². The van der Waals surface area contributed by atoms with Crippen molar-refractivity contribution in [2.24, 2.45) is 0 Å². The first kappa shape index (κ1) is 7.81. The number of hydrogen-bond donors (Lipinski definition) is 0. The third-order valence-corrected chi connectivity index (χ3v) is 2.02. The van der Waals surface area contributed by atoms with Crippen LogP contribution in [-0.2, 0) is 6.42 Å². The first-order chi connectivity index (χ1) is 6.35. The summed E-state index contributed by atoms with van der Waals surface area (Å²) < 4.78 is 1.82. The summed E-state index contributed by atoms with van der Waals surface area (Å²) in [5.74, 6) is 0. The van der Waals surface area contributed by atoms with E-state index in [0.717, 1.165) is 17.8 Å². The molecule has 0 atom stereocenters. The minimum atomic E-state index is 0.629. The maximum Gasteiger partial charge on any atom is 0.138 e. The zero-order chi connectivity index (χ0) is 9.26. The van der Waals surface area contributed by atoms with Crippen LogP contribution in [0.2, 0.25) is 0 Å². The summed E-state index contributed by atoms with van der Waals surface area (Å²) in [7, 11) is 0. The van der Waals surface area contributed by atoms with E-state index in [1.165, 1.54) is 0 Å². The molecule has 3 nitrogen and oxygen atoms in total. The SMILES string of the molecule is CCc1cn2c(C#N)cccc2n1. The number of nitrogens with zero attached hydrogens (tertiary/aromatic N) is 3. The van der Waals surface area contributed by atoms with Crippen molar-refractivity contribution in [3.8, 4) is 6.07 Å². The molecular formula is C10H9N3. The average molecular weight is 171 g/mol. The van der Waals surface area contributed by atoms with Gasteiger partial charge in [0.15, 0.2) is 0 Å². The first-order valence-corrected chi connectivity index (χ1v) is 4.22. The summed E-state index contributed by atoms with van der Waals surface area (Å²) in [4.78, 5) is 4.35. The molecule has 2 aromatic rings. The zero-order valence-corrected chi connectivity index (χ0v) is 7.36. The molecule has 0 spiro atoms. The molecule has 0 aliphatic heterocycles. The van der Waals surface area contributed by atoms with Crippen molar-refractivity contribution in [1.29, 1.82) is 5.26 Å². The Morgan fingerprint density at radius 3 is 3.08 bits per heavy atom. The summed E-state index contributed by atoms with van der Waals surface area (Å²) in [5, 5.41) is 8.82. The maximum absolute atomic E-state index is 8.82. The van der Waals surface area contributed by atoms with Gasteiger partial charge >= 0.3 is 0 Å². The summed E-state index contributed by atoms with van der Waals surface area (Å²) in [6.45, 7) is 2.05.